The van der Waals surface area contributed by atoms with E-state index in [-0.39, 0.29) is 31.5 Å². The van der Waals surface area contributed by atoms with Gasteiger partial charge >= 0.3 is 0 Å². The van der Waals surface area contributed by atoms with Gasteiger partial charge in [0.15, 0.2) is 0 Å². The van der Waals surface area contributed by atoms with E-state index in [9.17, 15) is 19.4 Å². The van der Waals surface area contributed by atoms with Crippen molar-refractivity contribution in [3.63, 3.8) is 0 Å². The predicted octanol–water partition coefficient (Wildman–Crippen LogP) is 2.16. The molecule has 2 N–H and O–H groups in total. The van der Waals surface area contributed by atoms with Crippen molar-refractivity contribution in [2.45, 2.75) is 25.6 Å². The maximum absolute atomic E-state index is 13.2. The van der Waals surface area contributed by atoms with Crippen molar-refractivity contribution in [3.8, 4) is 0 Å². The molecule has 150 valence electrons. The van der Waals surface area contributed by atoms with Crippen LogP contribution in [0.1, 0.15) is 17.5 Å². The molecule has 0 aliphatic carbocycles. The summed E-state index contributed by atoms with van der Waals surface area (Å²) >= 11 is 0. The number of benzene rings is 2. The highest BCUT2D eigenvalue weighted by atomic mass is 19.1. The summed E-state index contributed by atoms with van der Waals surface area (Å²) in [5.74, 6) is -0.502. The number of aliphatic hydroxyl groups is 2. The minimum atomic E-state index is -0.870. The summed E-state index contributed by atoms with van der Waals surface area (Å²) in [5, 5.41) is 20.6. The lowest BCUT2D eigenvalue weighted by Crippen LogP contribution is -2.56. The van der Waals surface area contributed by atoms with E-state index in [1.807, 2.05) is 30.3 Å². The molecule has 1 saturated heterocycles. The molecule has 2 aromatic carbocycles. The van der Waals surface area contributed by atoms with Gasteiger partial charge in [0.1, 0.15) is 12.4 Å². The van der Waals surface area contributed by atoms with Crippen molar-refractivity contribution in [1.29, 1.82) is 0 Å². The molecule has 6 heteroatoms. The number of nitrogens with zero attached hydrogens (tertiary/aromatic N) is 1. The average molecular weight is 387 g/mol. The van der Waals surface area contributed by atoms with Gasteiger partial charge in [-0.2, -0.15) is 0 Å². The van der Waals surface area contributed by atoms with Gasteiger partial charge in [0.2, 0.25) is 5.91 Å². The highest BCUT2D eigenvalue weighted by molar-refractivity contribution is 5.77. The van der Waals surface area contributed by atoms with Gasteiger partial charge < -0.3 is 19.8 Å². The van der Waals surface area contributed by atoms with Crippen LogP contribution in [0, 0.1) is 11.2 Å². The Bertz CT molecular complexity index is 768. The zero-order valence-corrected chi connectivity index (χ0v) is 15.8. The summed E-state index contributed by atoms with van der Waals surface area (Å²) in [7, 11) is 0. The summed E-state index contributed by atoms with van der Waals surface area (Å²) < 4.78 is 18.7. The zero-order chi connectivity index (χ0) is 20.0. The Balaban J connectivity index is 1.61. The van der Waals surface area contributed by atoms with Crippen LogP contribution in [-0.2, 0) is 22.6 Å². The molecule has 0 unspecified atom stereocenters. The summed E-state index contributed by atoms with van der Waals surface area (Å²) in [6, 6.07) is 15.6. The molecule has 0 aromatic heterocycles. The second-order valence-corrected chi connectivity index (χ2v) is 7.42. The van der Waals surface area contributed by atoms with E-state index in [0.29, 0.717) is 26.0 Å². The number of piperidine rings is 1. The van der Waals surface area contributed by atoms with Crippen molar-refractivity contribution >= 4 is 5.91 Å². The van der Waals surface area contributed by atoms with Gasteiger partial charge in [-0.1, -0.05) is 42.5 Å². The average Bonchev–Trinajstić information content (AvgIpc) is 2.72. The first-order valence-corrected chi connectivity index (χ1v) is 9.45. The van der Waals surface area contributed by atoms with E-state index in [1.165, 1.54) is 12.1 Å². The molecule has 2 atom stereocenters. The fourth-order valence-electron chi connectivity index (χ4n) is 3.68. The van der Waals surface area contributed by atoms with Crippen LogP contribution in [0.3, 0.4) is 0 Å². The maximum Gasteiger partial charge on any atom is 0.248 e. The number of likely N-dealkylation sites (tertiary alicyclic amines) is 1. The number of ether oxygens (including phenoxy) is 1. The predicted molar refractivity (Wildman–Crippen MR) is 103 cm³/mol. The third kappa shape index (κ3) is 4.95. The van der Waals surface area contributed by atoms with Gasteiger partial charge in [0.05, 0.1) is 19.3 Å². The van der Waals surface area contributed by atoms with Crippen LogP contribution in [0.25, 0.3) is 0 Å². The smallest absolute Gasteiger partial charge is 0.248 e. The first-order chi connectivity index (χ1) is 13.5. The second-order valence-electron chi connectivity index (χ2n) is 7.42. The van der Waals surface area contributed by atoms with Crippen LogP contribution in [0.2, 0.25) is 0 Å². The molecule has 0 radical (unpaired) electrons. The third-order valence-corrected chi connectivity index (χ3v) is 5.36. The van der Waals surface area contributed by atoms with Crippen LogP contribution in [0.15, 0.2) is 54.6 Å². The molecular weight excluding hydrogens is 361 g/mol. The number of carbonyl (C=O) groups excluding carboxylic acids is 1. The zero-order valence-electron chi connectivity index (χ0n) is 15.8. The fraction of sp³-hybridized carbons (Fsp3) is 0.409. The lowest BCUT2D eigenvalue weighted by molar-refractivity contribution is -0.146. The first-order valence-electron chi connectivity index (χ1n) is 9.45. The molecule has 1 aliphatic rings. The van der Waals surface area contributed by atoms with Crippen LogP contribution >= 0.6 is 0 Å². The standard InChI is InChI=1S/C22H26FNO4/c23-19-8-6-17(7-9-19)12-22(16-25)15-24(11-10-20(22)26)21(27)14-28-13-18-4-2-1-3-5-18/h1-9,20,25-26H,10-16H2/t20-,22-/m0/s1. The topological polar surface area (TPSA) is 70.0 Å². The van der Waals surface area contributed by atoms with Crippen molar-refractivity contribution in [1.82, 2.24) is 4.90 Å². The summed E-state index contributed by atoms with van der Waals surface area (Å²) in [6.07, 6.45) is 0.00281. The van der Waals surface area contributed by atoms with Gasteiger partial charge in [0.25, 0.3) is 0 Å². The van der Waals surface area contributed by atoms with Gasteiger partial charge in [0, 0.05) is 18.5 Å². The molecule has 2 aromatic rings. The summed E-state index contributed by atoms with van der Waals surface area (Å²) in [6.45, 7) is 0.683. The SMILES string of the molecule is O=C(COCc1ccccc1)N1CC[C@H](O)[C@@](CO)(Cc2ccc(F)cc2)C1. The molecule has 5 nitrogen and oxygen atoms in total. The largest absolute Gasteiger partial charge is 0.396 e. The lowest BCUT2D eigenvalue weighted by Gasteiger charge is -2.45. The molecular formula is C22H26FNO4. The van der Waals surface area contributed by atoms with Gasteiger partial charge in [-0.25, -0.2) is 4.39 Å². The number of carbonyl (C=O) groups is 1. The molecule has 1 amide bonds. The Morgan fingerprint density at radius 2 is 1.86 bits per heavy atom. The Labute approximate surface area is 164 Å². The summed E-state index contributed by atoms with van der Waals surface area (Å²) in [5.41, 5.74) is 0.931. The molecule has 3 rings (SSSR count). The number of rotatable bonds is 7. The van der Waals surface area contributed by atoms with Crippen molar-refractivity contribution in [2.24, 2.45) is 5.41 Å². The van der Waals surface area contributed by atoms with Crippen LogP contribution in [0.5, 0.6) is 0 Å². The minimum Gasteiger partial charge on any atom is -0.396 e. The van der Waals surface area contributed by atoms with Crippen LogP contribution in [-0.4, -0.2) is 53.4 Å². The van der Waals surface area contributed by atoms with Crippen molar-refractivity contribution in [3.05, 3.63) is 71.5 Å². The van der Waals surface area contributed by atoms with E-state index in [1.54, 1.807) is 17.0 Å². The Kier molecular flexibility index (Phi) is 6.78. The quantitative estimate of drug-likeness (QED) is 0.764. The van der Waals surface area contributed by atoms with Gasteiger partial charge in [-0.15, -0.1) is 0 Å². The monoisotopic (exact) mass is 387 g/mol. The Morgan fingerprint density at radius 1 is 1.14 bits per heavy atom. The van der Waals surface area contributed by atoms with Crippen molar-refractivity contribution in [2.75, 3.05) is 26.3 Å². The molecule has 1 fully saturated rings. The number of aliphatic hydroxyl groups excluding tert-OH is 2. The Morgan fingerprint density at radius 3 is 2.54 bits per heavy atom. The fourth-order valence-corrected chi connectivity index (χ4v) is 3.68. The van der Waals surface area contributed by atoms with Crippen molar-refractivity contribution < 1.29 is 24.1 Å². The highest BCUT2D eigenvalue weighted by Crippen LogP contribution is 2.34. The highest BCUT2D eigenvalue weighted by Gasteiger charge is 2.43. The Hall–Kier alpha value is -2.28. The van der Waals surface area contributed by atoms with E-state index in [0.717, 1.165) is 11.1 Å². The third-order valence-electron chi connectivity index (χ3n) is 5.36. The summed E-state index contributed by atoms with van der Waals surface area (Å²) in [4.78, 5) is 14.2. The number of halogens is 1. The molecule has 28 heavy (non-hydrogen) atoms. The maximum atomic E-state index is 13.2. The first kappa shape index (κ1) is 20.5. The van der Waals surface area contributed by atoms with E-state index < -0.39 is 11.5 Å². The number of hydrogen-bond acceptors (Lipinski definition) is 4. The molecule has 1 aliphatic heterocycles. The lowest BCUT2D eigenvalue weighted by atomic mass is 9.73. The number of hydrogen-bond donors (Lipinski definition) is 2. The molecule has 0 saturated carbocycles. The molecule has 0 bridgehead atoms. The minimum absolute atomic E-state index is 0.0525. The molecule has 1 heterocycles. The van der Waals surface area contributed by atoms with E-state index in [4.69, 9.17) is 4.74 Å². The second kappa shape index (κ2) is 9.28. The molecule has 0 spiro atoms. The van der Waals surface area contributed by atoms with Gasteiger partial charge in [-0.3, -0.25) is 4.79 Å². The number of amides is 1. The van der Waals surface area contributed by atoms with E-state index in [2.05, 4.69) is 0 Å². The van der Waals surface area contributed by atoms with Crippen LogP contribution < -0.4 is 0 Å². The van der Waals surface area contributed by atoms with E-state index >= 15 is 0 Å². The normalized spacial score (nSPS) is 22.2. The van der Waals surface area contributed by atoms with Gasteiger partial charge in [-0.05, 0) is 36.1 Å². The van der Waals surface area contributed by atoms with Crippen LogP contribution in [0.4, 0.5) is 4.39 Å².